The second-order valence-electron chi connectivity index (χ2n) is 3.37. The van der Waals surface area contributed by atoms with Crippen LogP contribution in [-0.4, -0.2) is 14.1 Å². The fraction of sp³-hybridized carbons (Fsp3) is 0.400. The fourth-order valence-electron chi connectivity index (χ4n) is 1.16. The first kappa shape index (κ1) is 10.0. The van der Waals surface area contributed by atoms with Crippen LogP contribution in [-0.2, 0) is 0 Å². The van der Waals surface area contributed by atoms with Gasteiger partial charge in [0.2, 0.25) is 0 Å². The lowest BCUT2D eigenvalue weighted by atomic mass is 10.1. The van der Waals surface area contributed by atoms with E-state index in [0.717, 1.165) is 0 Å². The van der Waals surface area contributed by atoms with E-state index < -0.39 is 0 Å². The van der Waals surface area contributed by atoms with Crippen LogP contribution in [0.1, 0.15) is 18.5 Å². The first-order valence-corrected chi connectivity index (χ1v) is 4.38. The van der Waals surface area contributed by atoms with Crippen LogP contribution in [0.5, 0.6) is 0 Å². The van der Waals surface area contributed by atoms with E-state index in [4.69, 9.17) is 5.84 Å². The van der Waals surface area contributed by atoms with Gasteiger partial charge in [0.25, 0.3) is 0 Å². The van der Waals surface area contributed by atoms with Crippen LogP contribution in [0.3, 0.4) is 0 Å². The Labute approximate surface area is 79.5 Å². The minimum absolute atomic E-state index is 0.205. The highest BCUT2D eigenvalue weighted by Gasteiger charge is 2.02. The molecule has 3 heteroatoms. The second kappa shape index (κ2) is 4.25. The third kappa shape index (κ3) is 2.44. The van der Waals surface area contributed by atoms with Crippen molar-refractivity contribution in [2.24, 2.45) is 5.84 Å². The molecule has 0 saturated carbocycles. The van der Waals surface area contributed by atoms with Crippen molar-refractivity contribution in [2.75, 3.05) is 19.0 Å². The normalized spacial score (nSPS) is 12.6. The minimum Gasteiger partial charge on any atom is -0.378 e. The average molecular weight is 179 g/mol. The van der Waals surface area contributed by atoms with E-state index in [1.807, 2.05) is 21.0 Å². The van der Waals surface area contributed by atoms with E-state index >= 15 is 0 Å². The van der Waals surface area contributed by atoms with Gasteiger partial charge >= 0.3 is 0 Å². The predicted molar refractivity (Wildman–Crippen MR) is 56.5 cm³/mol. The molecular formula is C10H17N3. The molecule has 1 unspecified atom stereocenters. The summed E-state index contributed by atoms with van der Waals surface area (Å²) in [5.41, 5.74) is 5.12. The Hall–Kier alpha value is -1.06. The van der Waals surface area contributed by atoms with Gasteiger partial charge in [0.05, 0.1) is 0 Å². The molecule has 0 radical (unpaired) electrons. The van der Waals surface area contributed by atoms with E-state index in [1.165, 1.54) is 11.3 Å². The average Bonchev–Trinajstić information content (AvgIpc) is 2.17. The molecule has 0 amide bonds. The molecular weight excluding hydrogens is 162 g/mol. The summed E-state index contributed by atoms with van der Waals surface area (Å²) in [7, 11) is 4.05. The molecule has 0 aliphatic carbocycles. The molecule has 0 heterocycles. The Balaban J connectivity index is 2.81. The van der Waals surface area contributed by atoms with Crippen molar-refractivity contribution in [1.82, 2.24) is 5.43 Å². The standard InChI is InChI=1S/C10H17N3/c1-8(12-11)9-4-6-10(7-5-9)13(2)3/h4-8,12H,11H2,1-3H3. The molecule has 0 aliphatic rings. The van der Waals surface area contributed by atoms with Crippen LogP contribution >= 0.6 is 0 Å². The minimum atomic E-state index is 0.205. The summed E-state index contributed by atoms with van der Waals surface area (Å²) in [4.78, 5) is 2.07. The summed E-state index contributed by atoms with van der Waals surface area (Å²) >= 11 is 0. The Bertz CT molecular complexity index is 253. The number of rotatable bonds is 3. The zero-order chi connectivity index (χ0) is 9.84. The largest absolute Gasteiger partial charge is 0.378 e. The van der Waals surface area contributed by atoms with Crippen LogP contribution in [0.2, 0.25) is 0 Å². The highest BCUT2D eigenvalue weighted by Crippen LogP contribution is 2.16. The Kier molecular flexibility index (Phi) is 3.28. The van der Waals surface area contributed by atoms with Crippen molar-refractivity contribution in [3.63, 3.8) is 0 Å². The highest BCUT2D eigenvalue weighted by atomic mass is 15.2. The summed E-state index contributed by atoms with van der Waals surface area (Å²) in [6.45, 7) is 2.03. The van der Waals surface area contributed by atoms with Crippen LogP contribution in [0, 0.1) is 0 Å². The topological polar surface area (TPSA) is 41.3 Å². The van der Waals surface area contributed by atoms with Gasteiger partial charge in [-0.05, 0) is 24.6 Å². The monoisotopic (exact) mass is 179 g/mol. The smallest absolute Gasteiger partial charge is 0.0431 e. The number of hydrazine groups is 1. The lowest BCUT2D eigenvalue weighted by Gasteiger charge is -2.15. The third-order valence-electron chi connectivity index (χ3n) is 2.16. The predicted octanol–water partition coefficient (Wildman–Crippen LogP) is 1.28. The van der Waals surface area contributed by atoms with Crippen molar-refractivity contribution in [3.05, 3.63) is 29.8 Å². The lowest BCUT2D eigenvalue weighted by Crippen LogP contribution is -2.25. The first-order chi connectivity index (χ1) is 6.15. The molecule has 0 aromatic heterocycles. The van der Waals surface area contributed by atoms with Gasteiger partial charge in [-0.3, -0.25) is 11.3 Å². The Morgan fingerprint density at radius 1 is 1.23 bits per heavy atom. The van der Waals surface area contributed by atoms with Crippen molar-refractivity contribution >= 4 is 5.69 Å². The molecule has 0 aliphatic heterocycles. The van der Waals surface area contributed by atoms with E-state index in [9.17, 15) is 0 Å². The number of hydrogen-bond acceptors (Lipinski definition) is 3. The maximum Gasteiger partial charge on any atom is 0.0431 e. The summed E-state index contributed by atoms with van der Waals surface area (Å²) < 4.78 is 0. The number of nitrogens with one attached hydrogen (secondary N) is 1. The van der Waals surface area contributed by atoms with Gasteiger partial charge in [0.15, 0.2) is 0 Å². The third-order valence-corrected chi connectivity index (χ3v) is 2.16. The maximum atomic E-state index is 5.34. The van der Waals surface area contributed by atoms with Gasteiger partial charge in [-0.15, -0.1) is 0 Å². The van der Waals surface area contributed by atoms with Gasteiger partial charge in [0.1, 0.15) is 0 Å². The molecule has 3 nitrogen and oxygen atoms in total. The van der Waals surface area contributed by atoms with Crippen molar-refractivity contribution in [2.45, 2.75) is 13.0 Å². The van der Waals surface area contributed by atoms with Crippen molar-refractivity contribution < 1.29 is 0 Å². The molecule has 0 saturated heterocycles. The molecule has 0 bridgehead atoms. The van der Waals surface area contributed by atoms with E-state index in [2.05, 4.69) is 34.6 Å². The summed E-state index contributed by atoms with van der Waals surface area (Å²) in [6, 6.07) is 8.54. The van der Waals surface area contributed by atoms with Gasteiger partial charge in [-0.1, -0.05) is 12.1 Å². The van der Waals surface area contributed by atoms with E-state index in [-0.39, 0.29) is 6.04 Å². The highest BCUT2D eigenvalue weighted by molar-refractivity contribution is 5.46. The molecule has 1 atom stereocenters. The van der Waals surface area contributed by atoms with Gasteiger partial charge in [-0.25, -0.2) is 0 Å². The zero-order valence-electron chi connectivity index (χ0n) is 8.41. The van der Waals surface area contributed by atoms with Gasteiger partial charge in [-0.2, -0.15) is 0 Å². The van der Waals surface area contributed by atoms with E-state index in [0.29, 0.717) is 0 Å². The zero-order valence-corrected chi connectivity index (χ0v) is 8.41. The summed E-state index contributed by atoms with van der Waals surface area (Å²) in [5.74, 6) is 5.34. The first-order valence-electron chi connectivity index (χ1n) is 4.38. The van der Waals surface area contributed by atoms with Gasteiger partial charge in [0, 0.05) is 25.8 Å². The lowest BCUT2D eigenvalue weighted by molar-refractivity contribution is 0.602. The molecule has 72 valence electrons. The summed E-state index contributed by atoms with van der Waals surface area (Å²) in [6.07, 6.45) is 0. The molecule has 0 spiro atoms. The second-order valence-corrected chi connectivity index (χ2v) is 3.37. The van der Waals surface area contributed by atoms with Crippen LogP contribution < -0.4 is 16.2 Å². The molecule has 3 N–H and O–H groups in total. The van der Waals surface area contributed by atoms with Crippen molar-refractivity contribution in [1.29, 1.82) is 0 Å². The number of benzene rings is 1. The number of nitrogens with zero attached hydrogens (tertiary/aromatic N) is 1. The number of anilines is 1. The Morgan fingerprint density at radius 2 is 1.77 bits per heavy atom. The molecule has 0 fully saturated rings. The Morgan fingerprint density at radius 3 is 2.15 bits per heavy atom. The fourth-order valence-corrected chi connectivity index (χ4v) is 1.16. The number of hydrogen-bond donors (Lipinski definition) is 2. The van der Waals surface area contributed by atoms with Crippen LogP contribution in [0.15, 0.2) is 24.3 Å². The molecule has 13 heavy (non-hydrogen) atoms. The number of nitrogens with two attached hydrogens (primary N) is 1. The SMILES string of the molecule is CC(NN)c1ccc(N(C)C)cc1. The molecule has 1 aromatic rings. The quantitative estimate of drug-likeness (QED) is 0.542. The van der Waals surface area contributed by atoms with Crippen LogP contribution in [0.4, 0.5) is 5.69 Å². The molecule has 1 rings (SSSR count). The van der Waals surface area contributed by atoms with Crippen molar-refractivity contribution in [3.8, 4) is 0 Å². The molecule has 1 aromatic carbocycles. The van der Waals surface area contributed by atoms with Crippen LogP contribution in [0.25, 0.3) is 0 Å². The van der Waals surface area contributed by atoms with E-state index in [1.54, 1.807) is 0 Å². The van der Waals surface area contributed by atoms with Gasteiger partial charge < -0.3 is 4.90 Å². The maximum absolute atomic E-state index is 5.34. The summed E-state index contributed by atoms with van der Waals surface area (Å²) in [5, 5.41) is 0.